The van der Waals surface area contributed by atoms with Crippen LogP contribution < -0.4 is 5.32 Å². The van der Waals surface area contributed by atoms with Gasteiger partial charge in [0.15, 0.2) is 0 Å². The van der Waals surface area contributed by atoms with Crippen molar-refractivity contribution >= 4 is 0 Å². The third-order valence-electron chi connectivity index (χ3n) is 5.06. The van der Waals surface area contributed by atoms with Crippen LogP contribution in [0.5, 0.6) is 0 Å². The fourth-order valence-corrected chi connectivity index (χ4v) is 4.05. The highest BCUT2D eigenvalue weighted by Gasteiger charge is 2.40. The van der Waals surface area contributed by atoms with Gasteiger partial charge in [-0.05, 0) is 38.0 Å². The van der Waals surface area contributed by atoms with Crippen molar-refractivity contribution in [2.45, 2.75) is 70.1 Å². The SMILES string of the molecule is CCC1CCCC1NCC1CC2CCC1O2. The molecule has 1 saturated carbocycles. The molecule has 0 amide bonds. The van der Waals surface area contributed by atoms with E-state index in [-0.39, 0.29) is 0 Å². The quantitative estimate of drug-likeness (QED) is 0.791. The average Bonchev–Trinajstić information content (AvgIpc) is 3.01. The zero-order valence-electron chi connectivity index (χ0n) is 10.5. The van der Waals surface area contributed by atoms with Crippen LogP contribution in [0.15, 0.2) is 0 Å². The highest BCUT2D eigenvalue weighted by molar-refractivity contribution is 4.92. The van der Waals surface area contributed by atoms with Gasteiger partial charge in [-0.3, -0.25) is 0 Å². The molecule has 3 fully saturated rings. The van der Waals surface area contributed by atoms with E-state index in [1.807, 2.05) is 0 Å². The van der Waals surface area contributed by atoms with Crippen LogP contribution in [-0.4, -0.2) is 24.8 Å². The molecule has 92 valence electrons. The first-order valence-corrected chi connectivity index (χ1v) is 7.25. The van der Waals surface area contributed by atoms with Crippen molar-refractivity contribution in [2.75, 3.05) is 6.54 Å². The lowest BCUT2D eigenvalue weighted by Crippen LogP contribution is -2.38. The zero-order chi connectivity index (χ0) is 11.0. The second-order valence-electron chi connectivity index (χ2n) is 5.98. The first kappa shape index (κ1) is 11.0. The fourth-order valence-electron chi connectivity index (χ4n) is 4.05. The molecule has 3 aliphatic rings. The standard InChI is InChI=1S/C14H25NO/c1-2-10-4-3-5-13(10)15-9-11-8-12-6-7-14(11)16-12/h10-15H,2-9H2,1H3. The summed E-state index contributed by atoms with van der Waals surface area (Å²) in [5.74, 6) is 1.76. The summed E-state index contributed by atoms with van der Waals surface area (Å²) in [6.45, 7) is 3.55. The Morgan fingerprint density at radius 2 is 2.06 bits per heavy atom. The lowest BCUT2D eigenvalue weighted by Gasteiger charge is -2.24. The number of rotatable bonds is 4. The molecule has 0 aromatic carbocycles. The van der Waals surface area contributed by atoms with Gasteiger partial charge in [-0.25, -0.2) is 0 Å². The largest absolute Gasteiger partial charge is 0.375 e. The van der Waals surface area contributed by atoms with Crippen molar-refractivity contribution in [1.29, 1.82) is 0 Å². The summed E-state index contributed by atoms with van der Waals surface area (Å²) in [5, 5.41) is 3.83. The van der Waals surface area contributed by atoms with Gasteiger partial charge in [0, 0.05) is 18.5 Å². The second-order valence-corrected chi connectivity index (χ2v) is 5.98. The van der Waals surface area contributed by atoms with E-state index >= 15 is 0 Å². The Hall–Kier alpha value is -0.0800. The first-order chi connectivity index (χ1) is 7.86. The smallest absolute Gasteiger partial charge is 0.0621 e. The molecule has 2 heteroatoms. The van der Waals surface area contributed by atoms with E-state index in [2.05, 4.69) is 12.2 Å². The highest BCUT2D eigenvalue weighted by atomic mass is 16.5. The minimum Gasteiger partial charge on any atom is -0.375 e. The molecule has 1 N–H and O–H groups in total. The van der Waals surface area contributed by atoms with E-state index in [9.17, 15) is 0 Å². The van der Waals surface area contributed by atoms with Crippen molar-refractivity contribution in [2.24, 2.45) is 11.8 Å². The summed E-state index contributed by atoms with van der Waals surface area (Å²) in [7, 11) is 0. The molecule has 0 radical (unpaired) electrons. The molecule has 0 aromatic rings. The van der Waals surface area contributed by atoms with Gasteiger partial charge >= 0.3 is 0 Å². The molecule has 5 unspecified atom stereocenters. The number of nitrogens with one attached hydrogen (secondary N) is 1. The lowest BCUT2D eigenvalue weighted by atomic mass is 9.88. The van der Waals surface area contributed by atoms with Crippen LogP contribution in [0.25, 0.3) is 0 Å². The Morgan fingerprint density at radius 3 is 2.75 bits per heavy atom. The van der Waals surface area contributed by atoms with Crippen molar-refractivity contribution in [3.05, 3.63) is 0 Å². The Labute approximate surface area is 99.1 Å². The van der Waals surface area contributed by atoms with Gasteiger partial charge in [0.05, 0.1) is 12.2 Å². The zero-order valence-corrected chi connectivity index (χ0v) is 10.5. The Morgan fingerprint density at radius 1 is 1.12 bits per heavy atom. The van der Waals surface area contributed by atoms with Gasteiger partial charge in [-0.1, -0.05) is 19.8 Å². The predicted molar refractivity (Wildman–Crippen MR) is 65.4 cm³/mol. The summed E-state index contributed by atoms with van der Waals surface area (Å²) in [4.78, 5) is 0. The van der Waals surface area contributed by atoms with E-state index in [0.29, 0.717) is 12.2 Å². The van der Waals surface area contributed by atoms with Crippen LogP contribution >= 0.6 is 0 Å². The van der Waals surface area contributed by atoms with Crippen LogP contribution in [0, 0.1) is 11.8 Å². The van der Waals surface area contributed by atoms with Crippen LogP contribution in [0.1, 0.15) is 51.9 Å². The average molecular weight is 223 g/mol. The summed E-state index contributed by atoms with van der Waals surface area (Å²) in [5.41, 5.74) is 0. The molecule has 3 rings (SSSR count). The van der Waals surface area contributed by atoms with Crippen LogP contribution in [0.3, 0.4) is 0 Å². The molecular weight excluding hydrogens is 198 g/mol. The Bertz CT molecular complexity index is 237. The number of ether oxygens (including phenoxy) is 1. The van der Waals surface area contributed by atoms with E-state index in [1.165, 1.54) is 51.5 Å². The summed E-state index contributed by atoms with van der Waals surface area (Å²) in [6.07, 6.45) is 10.8. The van der Waals surface area contributed by atoms with E-state index in [1.54, 1.807) is 0 Å². The maximum absolute atomic E-state index is 5.91. The van der Waals surface area contributed by atoms with Crippen molar-refractivity contribution < 1.29 is 4.74 Å². The van der Waals surface area contributed by atoms with Gasteiger partial charge < -0.3 is 10.1 Å². The van der Waals surface area contributed by atoms with Crippen molar-refractivity contribution in [3.8, 4) is 0 Å². The van der Waals surface area contributed by atoms with Gasteiger partial charge in [0.25, 0.3) is 0 Å². The first-order valence-electron chi connectivity index (χ1n) is 7.25. The van der Waals surface area contributed by atoms with Crippen molar-refractivity contribution in [3.63, 3.8) is 0 Å². The van der Waals surface area contributed by atoms with E-state index in [0.717, 1.165) is 17.9 Å². The number of fused-ring (bicyclic) bond motifs is 2. The molecule has 2 bridgehead atoms. The topological polar surface area (TPSA) is 21.3 Å². The van der Waals surface area contributed by atoms with E-state index < -0.39 is 0 Å². The van der Waals surface area contributed by atoms with Crippen molar-refractivity contribution in [1.82, 2.24) is 5.32 Å². The molecule has 2 nitrogen and oxygen atoms in total. The molecule has 2 saturated heterocycles. The number of hydrogen-bond acceptors (Lipinski definition) is 2. The van der Waals surface area contributed by atoms with Crippen LogP contribution in [0.4, 0.5) is 0 Å². The maximum Gasteiger partial charge on any atom is 0.0621 e. The van der Waals surface area contributed by atoms with Crippen LogP contribution in [-0.2, 0) is 4.74 Å². The predicted octanol–water partition coefficient (Wildman–Crippen LogP) is 2.72. The summed E-state index contributed by atoms with van der Waals surface area (Å²) >= 11 is 0. The summed E-state index contributed by atoms with van der Waals surface area (Å²) < 4.78 is 5.91. The molecule has 2 aliphatic heterocycles. The normalized spacial score (nSPS) is 46.7. The molecular formula is C14H25NO. The van der Waals surface area contributed by atoms with Gasteiger partial charge in [-0.2, -0.15) is 0 Å². The Balaban J connectivity index is 1.46. The minimum absolute atomic E-state index is 0.596. The highest BCUT2D eigenvalue weighted by Crippen LogP contribution is 2.38. The molecule has 0 spiro atoms. The lowest BCUT2D eigenvalue weighted by molar-refractivity contribution is 0.0917. The monoisotopic (exact) mass is 223 g/mol. The maximum atomic E-state index is 5.91. The molecule has 2 heterocycles. The van der Waals surface area contributed by atoms with Gasteiger partial charge in [0.1, 0.15) is 0 Å². The third kappa shape index (κ3) is 2.02. The van der Waals surface area contributed by atoms with Crippen LogP contribution in [0.2, 0.25) is 0 Å². The third-order valence-corrected chi connectivity index (χ3v) is 5.06. The summed E-state index contributed by atoms with van der Waals surface area (Å²) in [6, 6.07) is 0.809. The molecule has 5 atom stereocenters. The van der Waals surface area contributed by atoms with Gasteiger partial charge in [0.2, 0.25) is 0 Å². The molecule has 1 aliphatic carbocycles. The second kappa shape index (κ2) is 4.66. The Kier molecular flexibility index (Phi) is 3.21. The minimum atomic E-state index is 0.596. The molecule has 16 heavy (non-hydrogen) atoms. The van der Waals surface area contributed by atoms with E-state index in [4.69, 9.17) is 4.74 Å². The number of hydrogen-bond donors (Lipinski definition) is 1. The fraction of sp³-hybridized carbons (Fsp3) is 1.00. The van der Waals surface area contributed by atoms with Gasteiger partial charge in [-0.15, -0.1) is 0 Å². The molecule has 0 aromatic heterocycles.